The summed E-state index contributed by atoms with van der Waals surface area (Å²) in [6.45, 7) is 1.23. The molecule has 1 N–H and O–H groups in total. The molecule has 0 unspecified atom stereocenters. The van der Waals surface area contributed by atoms with Gasteiger partial charge < -0.3 is 10.1 Å². The van der Waals surface area contributed by atoms with E-state index in [1.165, 1.54) is 11.3 Å². The number of carbonyl (C=O) groups is 1. The second-order valence-corrected chi connectivity index (χ2v) is 6.71. The minimum atomic E-state index is -0.0889. The summed E-state index contributed by atoms with van der Waals surface area (Å²) in [5.41, 5.74) is 1.07. The third-order valence-corrected chi connectivity index (χ3v) is 4.55. The van der Waals surface area contributed by atoms with Gasteiger partial charge in [-0.05, 0) is 30.5 Å². The monoisotopic (exact) mass is 337 g/mol. The number of rotatable bonds is 4. The minimum absolute atomic E-state index is 0.0369. The van der Waals surface area contributed by atoms with Crippen molar-refractivity contribution < 1.29 is 9.53 Å². The van der Waals surface area contributed by atoms with Gasteiger partial charge in [0.15, 0.2) is 0 Å². The Balaban J connectivity index is 1.60. The number of hydrogen-bond acceptors (Lipinski definition) is 5. The Morgan fingerprint density at radius 3 is 3.14 bits per heavy atom. The first-order chi connectivity index (χ1) is 10.7. The van der Waals surface area contributed by atoms with Crippen LogP contribution >= 0.6 is 22.9 Å². The zero-order chi connectivity index (χ0) is 15.4. The molecule has 0 aliphatic carbocycles. The van der Waals surface area contributed by atoms with Crippen molar-refractivity contribution in [2.75, 3.05) is 18.5 Å². The fourth-order valence-corrected chi connectivity index (χ4v) is 3.34. The van der Waals surface area contributed by atoms with Crippen molar-refractivity contribution in [2.45, 2.75) is 19.3 Å². The topological polar surface area (TPSA) is 64.1 Å². The lowest BCUT2D eigenvalue weighted by Gasteiger charge is -2.20. The smallest absolute Gasteiger partial charge is 0.231 e. The predicted molar refractivity (Wildman–Crippen MR) is 86.3 cm³/mol. The molecule has 0 bridgehead atoms. The third-order valence-electron chi connectivity index (χ3n) is 3.47. The SMILES string of the molecule is O=C(Nc1nnc(Cc2cccc(Cl)c2)s1)[C@H]1CCCOC1. The van der Waals surface area contributed by atoms with Gasteiger partial charge in [0.1, 0.15) is 5.01 Å². The maximum atomic E-state index is 12.1. The van der Waals surface area contributed by atoms with Gasteiger partial charge >= 0.3 is 0 Å². The van der Waals surface area contributed by atoms with Gasteiger partial charge in [-0.3, -0.25) is 4.79 Å². The Morgan fingerprint density at radius 2 is 2.36 bits per heavy atom. The molecule has 116 valence electrons. The van der Waals surface area contributed by atoms with E-state index < -0.39 is 0 Å². The summed E-state index contributed by atoms with van der Waals surface area (Å²) in [5, 5.41) is 13.1. The molecule has 1 aliphatic heterocycles. The molecule has 1 aromatic carbocycles. The van der Waals surface area contributed by atoms with Crippen molar-refractivity contribution in [3.05, 3.63) is 39.9 Å². The molecular formula is C15H16ClN3O2S. The first kappa shape index (κ1) is 15.4. The van der Waals surface area contributed by atoms with Crippen molar-refractivity contribution in [1.29, 1.82) is 0 Å². The molecular weight excluding hydrogens is 322 g/mol. The van der Waals surface area contributed by atoms with Gasteiger partial charge in [-0.1, -0.05) is 35.1 Å². The Labute approximate surface area is 137 Å². The second kappa shape index (κ2) is 7.17. The molecule has 1 amide bonds. The zero-order valence-electron chi connectivity index (χ0n) is 11.9. The van der Waals surface area contributed by atoms with Crippen LogP contribution in [0.2, 0.25) is 5.02 Å². The highest BCUT2D eigenvalue weighted by Gasteiger charge is 2.22. The highest BCUT2D eigenvalue weighted by Crippen LogP contribution is 2.22. The summed E-state index contributed by atoms with van der Waals surface area (Å²) in [6, 6.07) is 7.64. The maximum Gasteiger partial charge on any atom is 0.231 e. The van der Waals surface area contributed by atoms with Crippen LogP contribution in [0.4, 0.5) is 5.13 Å². The van der Waals surface area contributed by atoms with Gasteiger partial charge in [-0.25, -0.2) is 0 Å². The lowest BCUT2D eigenvalue weighted by atomic mass is 10.0. The first-order valence-corrected chi connectivity index (χ1v) is 8.35. The lowest BCUT2D eigenvalue weighted by Crippen LogP contribution is -2.30. The van der Waals surface area contributed by atoms with Crippen molar-refractivity contribution in [1.82, 2.24) is 10.2 Å². The van der Waals surface area contributed by atoms with E-state index in [0.717, 1.165) is 30.0 Å². The van der Waals surface area contributed by atoms with E-state index in [0.29, 0.717) is 23.2 Å². The van der Waals surface area contributed by atoms with Crippen LogP contribution in [0.3, 0.4) is 0 Å². The first-order valence-electron chi connectivity index (χ1n) is 7.16. The zero-order valence-corrected chi connectivity index (χ0v) is 13.5. The van der Waals surface area contributed by atoms with Gasteiger partial charge in [-0.15, -0.1) is 10.2 Å². The number of hydrogen-bond donors (Lipinski definition) is 1. The summed E-state index contributed by atoms with van der Waals surface area (Å²) >= 11 is 7.36. The third kappa shape index (κ3) is 4.03. The molecule has 22 heavy (non-hydrogen) atoms. The number of amides is 1. The normalized spacial score (nSPS) is 18.1. The maximum absolute atomic E-state index is 12.1. The molecule has 3 rings (SSSR count). The van der Waals surface area contributed by atoms with E-state index in [2.05, 4.69) is 15.5 Å². The average Bonchev–Trinajstić information content (AvgIpc) is 2.95. The van der Waals surface area contributed by atoms with E-state index in [9.17, 15) is 4.79 Å². The number of nitrogens with one attached hydrogen (secondary N) is 1. The van der Waals surface area contributed by atoms with Crippen LogP contribution in [0.1, 0.15) is 23.4 Å². The molecule has 2 heterocycles. The van der Waals surface area contributed by atoms with Crippen LogP contribution in [0.25, 0.3) is 0 Å². The average molecular weight is 338 g/mol. The molecule has 5 nitrogen and oxygen atoms in total. The summed E-state index contributed by atoms with van der Waals surface area (Å²) in [5.74, 6) is -0.126. The van der Waals surface area contributed by atoms with Crippen molar-refractivity contribution in [2.24, 2.45) is 5.92 Å². The molecule has 1 aromatic heterocycles. The van der Waals surface area contributed by atoms with Crippen LogP contribution in [0.15, 0.2) is 24.3 Å². The number of benzene rings is 1. The number of aromatic nitrogens is 2. The van der Waals surface area contributed by atoms with Crippen molar-refractivity contribution >= 4 is 34.0 Å². The summed E-state index contributed by atoms with van der Waals surface area (Å²) in [7, 11) is 0. The molecule has 1 aliphatic rings. The molecule has 1 fully saturated rings. The molecule has 1 atom stereocenters. The van der Waals surface area contributed by atoms with Crippen molar-refractivity contribution in [3.8, 4) is 0 Å². The van der Waals surface area contributed by atoms with Crippen LogP contribution < -0.4 is 5.32 Å². The second-order valence-electron chi connectivity index (χ2n) is 5.21. The quantitative estimate of drug-likeness (QED) is 0.930. The van der Waals surface area contributed by atoms with E-state index >= 15 is 0 Å². The van der Waals surface area contributed by atoms with Gasteiger partial charge in [0.05, 0.1) is 12.5 Å². The Morgan fingerprint density at radius 1 is 1.45 bits per heavy atom. The highest BCUT2D eigenvalue weighted by atomic mass is 35.5. The van der Waals surface area contributed by atoms with E-state index in [1.54, 1.807) is 0 Å². The largest absolute Gasteiger partial charge is 0.381 e. The minimum Gasteiger partial charge on any atom is -0.381 e. The van der Waals surface area contributed by atoms with Crippen LogP contribution in [0.5, 0.6) is 0 Å². The fourth-order valence-electron chi connectivity index (χ4n) is 2.35. The van der Waals surface area contributed by atoms with E-state index in [4.69, 9.17) is 16.3 Å². The van der Waals surface area contributed by atoms with E-state index in [1.807, 2.05) is 24.3 Å². The number of halogens is 1. The predicted octanol–water partition coefficient (Wildman–Crippen LogP) is 3.15. The van der Waals surface area contributed by atoms with Gasteiger partial charge in [-0.2, -0.15) is 0 Å². The number of carbonyl (C=O) groups excluding carboxylic acids is 1. The molecule has 0 saturated carbocycles. The highest BCUT2D eigenvalue weighted by molar-refractivity contribution is 7.15. The summed E-state index contributed by atoms with van der Waals surface area (Å²) in [4.78, 5) is 12.1. The number of ether oxygens (including phenoxy) is 1. The van der Waals surface area contributed by atoms with Crippen LogP contribution in [-0.4, -0.2) is 29.3 Å². The van der Waals surface area contributed by atoms with Gasteiger partial charge in [0, 0.05) is 18.1 Å². The molecule has 2 aromatic rings. The number of anilines is 1. The Bertz CT molecular complexity index is 656. The fraction of sp³-hybridized carbons (Fsp3) is 0.400. The van der Waals surface area contributed by atoms with E-state index in [-0.39, 0.29) is 11.8 Å². The molecule has 7 heteroatoms. The number of nitrogens with zero attached hydrogens (tertiary/aromatic N) is 2. The van der Waals surface area contributed by atoms with Gasteiger partial charge in [0.2, 0.25) is 11.0 Å². The molecule has 0 radical (unpaired) electrons. The molecule has 1 saturated heterocycles. The Kier molecular flexibility index (Phi) is 5.02. The van der Waals surface area contributed by atoms with Gasteiger partial charge in [0.25, 0.3) is 0 Å². The van der Waals surface area contributed by atoms with Crippen molar-refractivity contribution in [3.63, 3.8) is 0 Å². The lowest BCUT2D eigenvalue weighted by molar-refractivity contribution is -0.123. The van der Waals surface area contributed by atoms with Crippen LogP contribution in [-0.2, 0) is 16.0 Å². The Hall–Kier alpha value is -1.50. The molecule has 0 spiro atoms. The standard InChI is InChI=1S/C15H16ClN3O2S/c16-12-5-1-3-10(7-12)8-13-18-19-15(22-13)17-14(20)11-4-2-6-21-9-11/h1,3,5,7,11H,2,4,6,8-9H2,(H,17,19,20)/t11-/m0/s1. The summed E-state index contributed by atoms with van der Waals surface area (Å²) < 4.78 is 5.33. The van der Waals surface area contributed by atoms with Crippen LogP contribution in [0, 0.1) is 5.92 Å². The summed E-state index contributed by atoms with van der Waals surface area (Å²) in [6.07, 6.45) is 2.44.